The standard InChI is InChI=1S/C29H23ClF2N4O2S/c1-17-26(25-16-39-27(34-25)19-10-12-20(30)13-11-19)28(37)36(15-24(33)18-6-3-2-4-7-18)29(38)35(17)14-21-22(31)8-5-9-23(21)32/h2-13,16,24H,14-15,33H2,1H3/t24-/m0/s1. The van der Waals surface area contributed by atoms with E-state index in [1.54, 1.807) is 36.6 Å². The zero-order valence-corrected chi connectivity index (χ0v) is 22.3. The van der Waals surface area contributed by atoms with Crippen LogP contribution >= 0.6 is 22.9 Å². The quantitative estimate of drug-likeness (QED) is 0.271. The Morgan fingerprint density at radius 1 is 0.949 bits per heavy atom. The van der Waals surface area contributed by atoms with Gasteiger partial charge in [-0.3, -0.25) is 13.9 Å². The van der Waals surface area contributed by atoms with Crippen LogP contribution in [0.3, 0.4) is 0 Å². The van der Waals surface area contributed by atoms with Crippen LogP contribution in [0.4, 0.5) is 8.78 Å². The highest BCUT2D eigenvalue weighted by Crippen LogP contribution is 2.30. The second kappa shape index (κ2) is 11.1. The van der Waals surface area contributed by atoms with E-state index in [1.165, 1.54) is 22.0 Å². The Kier molecular flexibility index (Phi) is 7.56. The third-order valence-electron chi connectivity index (χ3n) is 6.52. The Balaban J connectivity index is 1.67. The molecule has 0 amide bonds. The molecule has 1 atom stereocenters. The lowest BCUT2D eigenvalue weighted by Gasteiger charge is -2.19. The predicted molar refractivity (Wildman–Crippen MR) is 150 cm³/mol. The number of benzene rings is 3. The van der Waals surface area contributed by atoms with Crippen LogP contribution < -0.4 is 17.0 Å². The molecule has 5 rings (SSSR count). The highest BCUT2D eigenvalue weighted by atomic mass is 35.5. The highest BCUT2D eigenvalue weighted by molar-refractivity contribution is 7.13. The van der Waals surface area contributed by atoms with Gasteiger partial charge in [0.1, 0.15) is 16.6 Å². The van der Waals surface area contributed by atoms with Gasteiger partial charge in [0.15, 0.2) is 0 Å². The van der Waals surface area contributed by atoms with E-state index >= 15 is 0 Å². The van der Waals surface area contributed by atoms with E-state index < -0.39 is 35.5 Å². The van der Waals surface area contributed by atoms with E-state index in [2.05, 4.69) is 4.98 Å². The number of nitrogens with two attached hydrogens (primary N) is 1. The van der Waals surface area contributed by atoms with Crippen molar-refractivity contribution in [2.75, 3.05) is 0 Å². The highest BCUT2D eigenvalue weighted by Gasteiger charge is 2.23. The maximum absolute atomic E-state index is 14.6. The van der Waals surface area contributed by atoms with Crippen molar-refractivity contribution >= 4 is 22.9 Å². The van der Waals surface area contributed by atoms with E-state index in [0.717, 1.165) is 27.8 Å². The van der Waals surface area contributed by atoms with Gasteiger partial charge >= 0.3 is 5.69 Å². The topological polar surface area (TPSA) is 82.9 Å². The van der Waals surface area contributed by atoms with Crippen LogP contribution in [-0.4, -0.2) is 14.1 Å². The molecular weight excluding hydrogens is 542 g/mol. The SMILES string of the molecule is Cc1c(-c2csc(-c3ccc(Cl)cc3)n2)c(=O)n(C[C@H](N)c2ccccc2)c(=O)n1Cc1c(F)cccc1F. The number of aromatic nitrogens is 3. The van der Waals surface area contributed by atoms with Gasteiger partial charge in [-0.1, -0.05) is 60.1 Å². The molecule has 0 fully saturated rings. The molecule has 0 bridgehead atoms. The van der Waals surface area contributed by atoms with Crippen molar-refractivity contribution in [3.05, 3.63) is 132 Å². The lowest BCUT2D eigenvalue weighted by molar-refractivity contribution is 0.493. The second-order valence-corrected chi connectivity index (χ2v) is 10.3. The van der Waals surface area contributed by atoms with Crippen molar-refractivity contribution in [3.63, 3.8) is 0 Å². The lowest BCUT2D eigenvalue weighted by atomic mass is 10.1. The summed E-state index contributed by atoms with van der Waals surface area (Å²) < 4.78 is 31.4. The largest absolute Gasteiger partial charge is 0.331 e. The van der Waals surface area contributed by atoms with Gasteiger partial charge in [-0.15, -0.1) is 11.3 Å². The molecule has 10 heteroatoms. The third kappa shape index (κ3) is 5.34. The van der Waals surface area contributed by atoms with E-state index in [-0.39, 0.29) is 23.4 Å². The molecule has 2 heterocycles. The first-order chi connectivity index (χ1) is 18.7. The Labute approximate surface area is 231 Å². The van der Waals surface area contributed by atoms with E-state index in [1.807, 2.05) is 30.3 Å². The molecule has 0 unspecified atom stereocenters. The number of halogens is 3. The number of hydrogen-bond donors (Lipinski definition) is 1. The average molecular weight is 565 g/mol. The van der Waals surface area contributed by atoms with Crippen molar-refractivity contribution < 1.29 is 8.78 Å². The summed E-state index contributed by atoms with van der Waals surface area (Å²) in [5, 5.41) is 2.94. The van der Waals surface area contributed by atoms with Crippen molar-refractivity contribution in [1.82, 2.24) is 14.1 Å². The summed E-state index contributed by atoms with van der Waals surface area (Å²) in [6.45, 7) is 1.02. The summed E-state index contributed by atoms with van der Waals surface area (Å²) >= 11 is 7.33. The molecule has 0 aliphatic rings. The van der Waals surface area contributed by atoms with Crippen LogP contribution in [0.15, 0.2) is 87.8 Å². The molecule has 39 heavy (non-hydrogen) atoms. The molecule has 0 aliphatic carbocycles. The summed E-state index contributed by atoms with van der Waals surface area (Å²) in [7, 11) is 0. The Morgan fingerprint density at radius 3 is 2.28 bits per heavy atom. The molecule has 0 radical (unpaired) electrons. The van der Waals surface area contributed by atoms with E-state index in [0.29, 0.717) is 15.7 Å². The van der Waals surface area contributed by atoms with Crippen LogP contribution in [0.1, 0.15) is 22.9 Å². The minimum absolute atomic E-state index is 0.136. The smallest absolute Gasteiger partial charge is 0.322 e. The van der Waals surface area contributed by atoms with Crippen molar-refractivity contribution in [3.8, 4) is 21.8 Å². The van der Waals surface area contributed by atoms with E-state index in [4.69, 9.17) is 17.3 Å². The first-order valence-corrected chi connectivity index (χ1v) is 13.3. The average Bonchev–Trinajstić information content (AvgIpc) is 3.41. The molecule has 3 aromatic carbocycles. The fraction of sp³-hybridized carbons (Fsp3) is 0.138. The fourth-order valence-corrected chi connectivity index (χ4v) is 5.34. The Bertz CT molecular complexity index is 1750. The fourth-order valence-electron chi connectivity index (χ4n) is 4.40. The number of thiazole rings is 1. The molecule has 0 spiro atoms. The molecule has 5 aromatic rings. The van der Waals surface area contributed by atoms with Crippen LogP contribution in [0.5, 0.6) is 0 Å². The minimum Gasteiger partial charge on any atom is -0.322 e. The predicted octanol–water partition coefficient (Wildman–Crippen LogP) is 5.79. The Hall–Kier alpha value is -3.92. The third-order valence-corrected chi connectivity index (χ3v) is 7.67. The molecule has 0 saturated carbocycles. The first kappa shape index (κ1) is 26.7. The van der Waals surface area contributed by atoms with Crippen LogP contribution in [-0.2, 0) is 13.1 Å². The summed E-state index contributed by atoms with van der Waals surface area (Å²) in [6, 6.07) is 19.0. The summed E-state index contributed by atoms with van der Waals surface area (Å²) in [6.07, 6.45) is 0. The molecule has 6 nitrogen and oxygen atoms in total. The van der Waals surface area contributed by atoms with Gasteiger partial charge in [0.25, 0.3) is 5.56 Å². The van der Waals surface area contributed by atoms with Gasteiger partial charge in [0, 0.05) is 33.3 Å². The molecule has 198 valence electrons. The Morgan fingerprint density at radius 2 is 1.62 bits per heavy atom. The van der Waals surface area contributed by atoms with Crippen molar-refractivity contribution in [1.29, 1.82) is 0 Å². The molecule has 2 N–H and O–H groups in total. The zero-order chi connectivity index (χ0) is 27.7. The molecule has 2 aromatic heterocycles. The zero-order valence-electron chi connectivity index (χ0n) is 20.8. The van der Waals surface area contributed by atoms with Crippen LogP contribution in [0.25, 0.3) is 21.8 Å². The van der Waals surface area contributed by atoms with Gasteiger partial charge < -0.3 is 5.73 Å². The number of rotatable bonds is 7. The van der Waals surface area contributed by atoms with Gasteiger partial charge in [-0.05, 0) is 36.8 Å². The first-order valence-electron chi connectivity index (χ1n) is 12.0. The maximum atomic E-state index is 14.6. The maximum Gasteiger partial charge on any atom is 0.331 e. The summed E-state index contributed by atoms with van der Waals surface area (Å²) in [5.41, 5.74) is 7.08. The lowest BCUT2D eigenvalue weighted by Crippen LogP contribution is -2.44. The molecular formula is C29H23ClF2N4O2S. The van der Waals surface area contributed by atoms with Gasteiger partial charge in [0.05, 0.1) is 24.3 Å². The normalized spacial score (nSPS) is 12.0. The van der Waals surface area contributed by atoms with Crippen molar-refractivity contribution in [2.24, 2.45) is 5.73 Å². The van der Waals surface area contributed by atoms with Gasteiger partial charge in [-0.2, -0.15) is 0 Å². The van der Waals surface area contributed by atoms with Crippen LogP contribution in [0, 0.1) is 18.6 Å². The summed E-state index contributed by atoms with van der Waals surface area (Å²) in [4.78, 5) is 32.1. The van der Waals surface area contributed by atoms with E-state index in [9.17, 15) is 18.4 Å². The monoisotopic (exact) mass is 564 g/mol. The van der Waals surface area contributed by atoms with Crippen LogP contribution in [0.2, 0.25) is 5.02 Å². The molecule has 0 saturated heterocycles. The second-order valence-electron chi connectivity index (χ2n) is 9.01. The number of hydrogen-bond acceptors (Lipinski definition) is 5. The minimum atomic E-state index is -0.791. The molecule has 0 aliphatic heterocycles. The van der Waals surface area contributed by atoms with Crippen molar-refractivity contribution in [2.45, 2.75) is 26.1 Å². The summed E-state index contributed by atoms with van der Waals surface area (Å²) in [5.74, 6) is -1.58. The van der Waals surface area contributed by atoms with Gasteiger partial charge in [0.2, 0.25) is 0 Å². The number of nitrogens with zero attached hydrogens (tertiary/aromatic N) is 3. The van der Waals surface area contributed by atoms with Gasteiger partial charge in [-0.25, -0.2) is 18.6 Å².